The topological polar surface area (TPSA) is 26.7 Å². The molecule has 1 saturated carbocycles. The fraction of sp³-hybridized carbons (Fsp3) is 1.00. The Morgan fingerprint density at radius 3 is 2.25 bits per heavy atom. The van der Waals surface area contributed by atoms with Crippen molar-refractivity contribution < 1.29 is 18.3 Å². The number of aliphatic hydroxyl groups is 1. The maximum absolute atomic E-state index is 12.3. The third-order valence-corrected chi connectivity index (χ3v) is 4.57. The van der Waals surface area contributed by atoms with E-state index in [2.05, 4.69) is 11.8 Å². The fourth-order valence-corrected chi connectivity index (χ4v) is 3.39. The van der Waals surface area contributed by atoms with Gasteiger partial charge in [-0.25, -0.2) is 0 Å². The van der Waals surface area contributed by atoms with Crippen LogP contribution < -0.4 is 0 Å². The van der Waals surface area contributed by atoms with Crippen LogP contribution in [0.3, 0.4) is 0 Å². The summed E-state index contributed by atoms with van der Waals surface area (Å²) in [5.74, 6) is 0.933. The van der Waals surface area contributed by atoms with E-state index < -0.39 is 12.7 Å². The maximum Gasteiger partial charge on any atom is 0.401 e. The first-order chi connectivity index (χ1) is 9.33. The SMILES string of the molecule is CC1CCC(O)C(CN2CCN(CC(F)(F)F)CC2)C1. The van der Waals surface area contributed by atoms with E-state index in [0.29, 0.717) is 32.1 Å². The number of nitrogens with zero attached hydrogens (tertiary/aromatic N) is 2. The lowest BCUT2D eigenvalue weighted by Crippen LogP contribution is -2.51. The number of piperazine rings is 1. The third-order valence-electron chi connectivity index (χ3n) is 4.57. The van der Waals surface area contributed by atoms with Crippen LogP contribution >= 0.6 is 0 Å². The van der Waals surface area contributed by atoms with Crippen LogP contribution in [0, 0.1) is 11.8 Å². The minimum Gasteiger partial charge on any atom is -0.393 e. The molecule has 0 aromatic heterocycles. The molecule has 20 heavy (non-hydrogen) atoms. The van der Waals surface area contributed by atoms with Crippen molar-refractivity contribution in [2.75, 3.05) is 39.3 Å². The molecule has 2 fully saturated rings. The number of hydrogen-bond acceptors (Lipinski definition) is 3. The highest BCUT2D eigenvalue weighted by Crippen LogP contribution is 2.30. The second-order valence-electron chi connectivity index (χ2n) is 6.44. The number of alkyl halides is 3. The zero-order chi connectivity index (χ0) is 14.8. The second kappa shape index (κ2) is 6.62. The first kappa shape index (κ1) is 16.0. The van der Waals surface area contributed by atoms with E-state index in [1.807, 2.05) is 0 Å². The summed E-state index contributed by atoms with van der Waals surface area (Å²) in [6, 6.07) is 0. The standard InChI is InChI=1S/C14H25F3N2O/c1-11-2-3-13(20)12(8-11)9-18-4-6-19(7-5-18)10-14(15,16)17/h11-13,20H,2-10H2,1H3. The van der Waals surface area contributed by atoms with Gasteiger partial charge in [0.25, 0.3) is 0 Å². The number of hydrogen-bond donors (Lipinski definition) is 1. The molecule has 0 spiro atoms. The fourth-order valence-electron chi connectivity index (χ4n) is 3.39. The molecule has 0 bridgehead atoms. The highest BCUT2D eigenvalue weighted by molar-refractivity contribution is 4.82. The van der Waals surface area contributed by atoms with Crippen molar-refractivity contribution in [3.8, 4) is 0 Å². The maximum atomic E-state index is 12.3. The molecule has 118 valence electrons. The van der Waals surface area contributed by atoms with Gasteiger partial charge in [0.05, 0.1) is 12.6 Å². The second-order valence-corrected chi connectivity index (χ2v) is 6.44. The average Bonchev–Trinajstić information content (AvgIpc) is 2.34. The van der Waals surface area contributed by atoms with E-state index in [1.165, 1.54) is 4.90 Å². The Kier molecular flexibility index (Phi) is 5.31. The highest BCUT2D eigenvalue weighted by Gasteiger charge is 2.33. The molecule has 2 aliphatic rings. The van der Waals surface area contributed by atoms with Crippen LogP contribution in [0.15, 0.2) is 0 Å². The van der Waals surface area contributed by atoms with Crippen LogP contribution in [0.5, 0.6) is 0 Å². The van der Waals surface area contributed by atoms with Gasteiger partial charge in [-0.15, -0.1) is 0 Å². The lowest BCUT2D eigenvalue weighted by Gasteiger charge is -2.39. The van der Waals surface area contributed by atoms with Gasteiger partial charge in [0.1, 0.15) is 0 Å². The molecule has 1 saturated heterocycles. The van der Waals surface area contributed by atoms with Gasteiger partial charge in [-0.2, -0.15) is 13.2 Å². The monoisotopic (exact) mass is 294 g/mol. The third kappa shape index (κ3) is 4.90. The molecule has 1 aliphatic heterocycles. The summed E-state index contributed by atoms with van der Waals surface area (Å²) in [7, 11) is 0. The molecule has 3 unspecified atom stereocenters. The molecule has 0 amide bonds. The molecule has 6 heteroatoms. The zero-order valence-electron chi connectivity index (χ0n) is 12.1. The molecule has 1 aliphatic carbocycles. The normalized spacial score (nSPS) is 34.4. The average molecular weight is 294 g/mol. The van der Waals surface area contributed by atoms with Gasteiger partial charge in [0, 0.05) is 32.7 Å². The van der Waals surface area contributed by atoms with Crippen LogP contribution in [0.25, 0.3) is 0 Å². The van der Waals surface area contributed by atoms with Crippen LogP contribution in [0.4, 0.5) is 13.2 Å². The summed E-state index contributed by atoms with van der Waals surface area (Å²) in [6.45, 7) is 4.52. The van der Waals surface area contributed by atoms with E-state index in [4.69, 9.17) is 0 Å². The summed E-state index contributed by atoms with van der Waals surface area (Å²) in [4.78, 5) is 3.68. The Morgan fingerprint density at radius 1 is 1.05 bits per heavy atom. The summed E-state index contributed by atoms with van der Waals surface area (Å²) in [6.07, 6.45) is -1.36. The molecule has 3 atom stereocenters. The number of rotatable bonds is 3. The molecule has 0 aromatic carbocycles. The highest BCUT2D eigenvalue weighted by atomic mass is 19.4. The van der Waals surface area contributed by atoms with Crippen molar-refractivity contribution in [1.29, 1.82) is 0 Å². The summed E-state index contributed by atoms with van der Waals surface area (Å²) >= 11 is 0. The van der Waals surface area contributed by atoms with Crippen molar-refractivity contribution in [2.45, 2.75) is 38.5 Å². The van der Waals surface area contributed by atoms with Crippen molar-refractivity contribution in [3.63, 3.8) is 0 Å². The largest absolute Gasteiger partial charge is 0.401 e. The molecule has 0 radical (unpaired) electrons. The Balaban J connectivity index is 1.74. The molecule has 2 rings (SSSR count). The Labute approximate surface area is 118 Å². The first-order valence-electron chi connectivity index (χ1n) is 7.53. The van der Waals surface area contributed by atoms with Gasteiger partial charge in [0.2, 0.25) is 0 Å². The first-order valence-corrected chi connectivity index (χ1v) is 7.53. The van der Waals surface area contributed by atoms with E-state index in [0.717, 1.165) is 25.8 Å². The van der Waals surface area contributed by atoms with Gasteiger partial charge in [-0.05, 0) is 31.1 Å². The van der Waals surface area contributed by atoms with Gasteiger partial charge >= 0.3 is 6.18 Å². The van der Waals surface area contributed by atoms with E-state index in [9.17, 15) is 18.3 Å². The molecular weight excluding hydrogens is 269 g/mol. The number of aliphatic hydroxyl groups excluding tert-OH is 1. The smallest absolute Gasteiger partial charge is 0.393 e. The summed E-state index contributed by atoms with van der Waals surface area (Å²) < 4.78 is 36.9. The predicted molar refractivity (Wildman–Crippen MR) is 71.4 cm³/mol. The quantitative estimate of drug-likeness (QED) is 0.862. The predicted octanol–water partition coefficient (Wildman–Crippen LogP) is 1.96. The Morgan fingerprint density at radius 2 is 1.65 bits per heavy atom. The van der Waals surface area contributed by atoms with Crippen molar-refractivity contribution in [3.05, 3.63) is 0 Å². The molecule has 1 N–H and O–H groups in total. The summed E-state index contributed by atoms with van der Waals surface area (Å²) in [5.41, 5.74) is 0. The van der Waals surface area contributed by atoms with Crippen molar-refractivity contribution in [2.24, 2.45) is 11.8 Å². The lowest BCUT2D eigenvalue weighted by molar-refractivity contribution is -0.149. The van der Waals surface area contributed by atoms with E-state index >= 15 is 0 Å². The summed E-state index contributed by atoms with van der Waals surface area (Å²) in [5, 5.41) is 10.0. The molecule has 0 aromatic rings. The zero-order valence-corrected chi connectivity index (χ0v) is 12.1. The van der Waals surface area contributed by atoms with Gasteiger partial charge in [0.15, 0.2) is 0 Å². The Bertz CT molecular complexity index is 303. The van der Waals surface area contributed by atoms with E-state index in [-0.39, 0.29) is 12.0 Å². The number of halogens is 3. The Hall–Kier alpha value is -0.330. The van der Waals surface area contributed by atoms with Crippen molar-refractivity contribution in [1.82, 2.24) is 9.80 Å². The van der Waals surface area contributed by atoms with E-state index in [1.54, 1.807) is 0 Å². The molecule has 1 heterocycles. The van der Waals surface area contributed by atoms with Crippen molar-refractivity contribution >= 4 is 0 Å². The minimum atomic E-state index is -4.10. The van der Waals surface area contributed by atoms with Crippen LogP contribution in [0.2, 0.25) is 0 Å². The minimum absolute atomic E-state index is 0.237. The lowest BCUT2D eigenvalue weighted by atomic mass is 9.80. The van der Waals surface area contributed by atoms with Gasteiger partial charge in [-0.1, -0.05) is 6.92 Å². The molecular formula is C14H25F3N2O. The van der Waals surface area contributed by atoms with Crippen LogP contribution in [-0.4, -0.2) is 66.5 Å². The van der Waals surface area contributed by atoms with Gasteiger partial charge < -0.3 is 10.0 Å². The van der Waals surface area contributed by atoms with Crippen LogP contribution in [-0.2, 0) is 0 Å². The van der Waals surface area contributed by atoms with Crippen LogP contribution in [0.1, 0.15) is 26.2 Å². The van der Waals surface area contributed by atoms with Gasteiger partial charge in [-0.3, -0.25) is 4.90 Å². The molecule has 3 nitrogen and oxygen atoms in total.